The van der Waals surface area contributed by atoms with Gasteiger partial charge in [-0.3, -0.25) is 4.98 Å². The molecule has 0 fully saturated rings. The van der Waals surface area contributed by atoms with E-state index in [4.69, 9.17) is 11.6 Å². The van der Waals surface area contributed by atoms with E-state index in [-0.39, 0.29) is 0 Å². The van der Waals surface area contributed by atoms with Crippen LogP contribution >= 0.6 is 11.6 Å². The normalized spacial score (nSPS) is 22.3. The van der Waals surface area contributed by atoms with Gasteiger partial charge in [0.2, 0.25) is 0 Å². The zero-order chi connectivity index (χ0) is 19.5. The first kappa shape index (κ1) is 18.2. The Bertz CT molecular complexity index is 1070. The van der Waals surface area contributed by atoms with Gasteiger partial charge in [0.25, 0.3) is 0 Å². The predicted octanol–water partition coefficient (Wildman–Crippen LogP) is 4.21. The molecule has 1 aliphatic heterocycles. The maximum absolute atomic E-state index is 11.8. The standard InChI is InChI=1S/C23H26ClN3O/c1-15-10-20-16(12-25-15)4-3-8-23(20,28)14-27-21-6-5-17(24)11-18(21)19-13-26(2)9-7-22(19)27/h5-6,10-12,28H,3-4,7-9,13-14H2,1-2H3. The van der Waals surface area contributed by atoms with Crippen molar-refractivity contribution in [2.45, 2.75) is 51.3 Å². The maximum atomic E-state index is 11.8. The second-order valence-corrected chi connectivity index (χ2v) is 8.97. The fourth-order valence-electron chi connectivity index (χ4n) is 5.09. The van der Waals surface area contributed by atoms with Gasteiger partial charge in [0, 0.05) is 53.0 Å². The van der Waals surface area contributed by atoms with Crippen molar-refractivity contribution < 1.29 is 5.11 Å². The second kappa shape index (κ2) is 6.58. The summed E-state index contributed by atoms with van der Waals surface area (Å²) in [6.45, 7) is 4.55. The number of aromatic nitrogens is 2. The Morgan fingerprint density at radius 2 is 2.11 bits per heavy atom. The molecule has 3 heterocycles. The lowest BCUT2D eigenvalue weighted by atomic mass is 9.79. The van der Waals surface area contributed by atoms with Crippen molar-refractivity contribution in [1.82, 2.24) is 14.5 Å². The second-order valence-electron chi connectivity index (χ2n) is 8.53. The highest BCUT2D eigenvalue weighted by molar-refractivity contribution is 6.31. The van der Waals surface area contributed by atoms with Crippen molar-refractivity contribution >= 4 is 22.5 Å². The van der Waals surface area contributed by atoms with E-state index in [0.29, 0.717) is 6.54 Å². The van der Waals surface area contributed by atoms with E-state index in [1.807, 2.05) is 19.2 Å². The number of aliphatic hydroxyl groups is 1. The molecule has 0 saturated heterocycles. The highest BCUT2D eigenvalue weighted by atomic mass is 35.5. The molecule has 0 saturated carbocycles. The molecule has 1 unspecified atom stereocenters. The molecule has 2 aromatic heterocycles. The molecule has 5 heteroatoms. The molecule has 3 aromatic rings. The minimum Gasteiger partial charge on any atom is -0.383 e. The quantitative estimate of drug-likeness (QED) is 0.706. The van der Waals surface area contributed by atoms with Crippen molar-refractivity contribution in [3.63, 3.8) is 0 Å². The van der Waals surface area contributed by atoms with Crippen LogP contribution in [0.2, 0.25) is 5.02 Å². The van der Waals surface area contributed by atoms with E-state index in [1.54, 1.807) is 0 Å². The Hall–Kier alpha value is -1.88. The van der Waals surface area contributed by atoms with Gasteiger partial charge in [-0.1, -0.05) is 11.6 Å². The lowest BCUT2D eigenvalue weighted by Crippen LogP contribution is -2.37. The summed E-state index contributed by atoms with van der Waals surface area (Å²) in [5.41, 5.74) is 6.24. The third-order valence-electron chi connectivity index (χ3n) is 6.49. The average molecular weight is 396 g/mol. The van der Waals surface area contributed by atoms with Crippen LogP contribution in [0.1, 0.15) is 40.9 Å². The minimum atomic E-state index is -0.857. The lowest BCUT2D eigenvalue weighted by Gasteiger charge is -2.36. The summed E-state index contributed by atoms with van der Waals surface area (Å²) in [4.78, 5) is 6.81. The van der Waals surface area contributed by atoms with Crippen molar-refractivity contribution in [1.29, 1.82) is 0 Å². The number of halogens is 1. The van der Waals surface area contributed by atoms with Crippen molar-refractivity contribution in [2.75, 3.05) is 13.6 Å². The molecule has 1 aliphatic carbocycles. The van der Waals surface area contributed by atoms with Crippen LogP contribution in [0.25, 0.3) is 10.9 Å². The number of aryl methyl sites for hydroxylation is 2. The fraction of sp³-hybridized carbons (Fsp3) is 0.435. The van der Waals surface area contributed by atoms with Crippen LogP contribution < -0.4 is 0 Å². The van der Waals surface area contributed by atoms with Gasteiger partial charge in [0.15, 0.2) is 0 Å². The fourth-order valence-corrected chi connectivity index (χ4v) is 5.26. The molecule has 1 N–H and O–H groups in total. The van der Waals surface area contributed by atoms with E-state index in [2.05, 4.69) is 39.7 Å². The number of fused-ring (bicyclic) bond motifs is 4. The number of likely N-dealkylation sites (N-methyl/N-ethyl adjacent to an activating group) is 1. The monoisotopic (exact) mass is 395 g/mol. The molecule has 5 rings (SSSR count). The third-order valence-corrected chi connectivity index (χ3v) is 6.72. The van der Waals surface area contributed by atoms with E-state index >= 15 is 0 Å². The summed E-state index contributed by atoms with van der Waals surface area (Å²) < 4.78 is 2.36. The summed E-state index contributed by atoms with van der Waals surface area (Å²) in [5.74, 6) is 0. The van der Waals surface area contributed by atoms with Crippen LogP contribution in [-0.4, -0.2) is 33.1 Å². The van der Waals surface area contributed by atoms with Gasteiger partial charge in [-0.2, -0.15) is 0 Å². The largest absolute Gasteiger partial charge is 0.383 e. The van der Waals surface area contributed by atoms with Gasteiger partial charge < -0.3 is 14.6 Å². The van der Waals surface area contributed by atoms with E-state index in [1.165, 1.54) is 27.7 Å². The van der Waals surface area contributed by atoms with Gasteiger partial charge in [0.05, 0.1) is 6.54 Å². The Kier molecular flexibility index (Phi) is 4.27. The smallest absolute Gasteiger partial charge is 0.108 e. The Morgan fingerprint density at radius 1 is 1.25 bits per heavy atom. The third kappa shape index (κ3) is 2.86. The molecule has 28 heavy (non-hydrogen) atoms. The molecule has 1 atom stereocenters. The summed E-state index contributed by atoms with van der Waals surface area (Å²) in [5, 5.41) is 13.8. The van der Waals surface area contributed by atoms with Crippen molar-refractivity contribution in [2.24, 2.45) is 0 Å². The Morgan fingerprint density at radius 3 is 2.96 bits per heavy atom. The zero-order valence-corrected chi connectivity index (χ0v) is 17.3. The Labute approximate surface area is 170 Å². The number of hydrogen-bond donors (Lipinski definition) is 1. The summed E-state index contributed by atoms with van der Waals surface area (Å²) in [7, 11) is 2.16. The SMILES string of the molecule is Cc1cc2c(cn1)CCCC2(O)Cn1c2c(c3cc(Cl)ccc31)CN(C)CC2. The van der Waals surface area contributed by atoms with Crippen LogP contribution in [0.15, 0.2) is 30.5 Å². The first-order valence-electron chi connectivity index (χ1n) is 10.1. The van der Waals surface area contributed by atoms with Gasteiger partial charge in [-0.25, -0.2) is 0 Å². The summed E-state index contributed by atoms with van der Waals surface area (Å²) >= 11 is 6.33. The number of benzene rings is 1. The summed E-state index contributed by atoms with van der Waals surface area (Å²) in [6.07, 6.45) is 5.72. The predicted molar refractivity (Wildman–Crippen MR) is 113 cm³/mol. The highest BCUT2D eigenvalue weighted by Crippen LogP contribution is 2.40. The molecule has 0 bridgehead atoms. The van der Waals surface area contributed by atoms with E-state index in [0.717, 1.165) is 55.1 Å². The maximum Gasteiger partial charge on any atom is 0.108 e. The van der Waals surface area contributed by atoms with Crippen LogP contribution in [0.5, 0.6) is 0 Å². The minimum absolute atomic E-state index is 0.584. The number of hydrogen-bond acceptors (Lipinski definition) is 3. The molecule has 0 amide bonds. The zero-order valence-electron chi connectivity index (χ0n) is 16.5. The van der Waals surface area contributed by atoms with Crippen molar-refractivity contribution in [3.8, 4) is 0 Å². The molecule has 2 aliphatic rings. The topological polar surface area (TPSA) is 41.3 Å². The van der Waals surface area contributed by atoms with Crippen LogP contribution in [-0.2, 0) is 31.5 Å². The Balaban J connectivity index is 1.67. The van der Waals surface area contributed by atoms with Crippen LogP contribution in [0.3, 0.4) is 0 Å². The molecular weight excluding hydrogens is 370 g/mol. The number of pyridine rings is 1. The molecular formula is C23H26ClN3O. The highest BCUT2D eigenvalue weighted by Gasteiger charge is 2.37. The van der Waals surface area contributed by atoms with Crippen molar-refractivity contribution in [3.05, 3.63) is 63.6 Å². The number of nitrogens with zero attached hydrogens (tertiary/aromatic N) is 3. The first-order valence-corrected chi connectivity index (χ1v) is 10.5. The molecule has 0 radical (unpaired) electrons. The van der Waals surface area contributed by atoms with Crippen LogP contribution in [0.4, 0.5) is 0 Å². The molecule has 0 spiro atoms. The number of rotatable bonds is 2. The van der Waals surface area contributed by atoms with Gasteiger partial charge in [-0.05, 0) is 74.2 Å². The van der Waals surface area contributed by atoms with E-state index in [9.17, 15) is 5.11 Å². The average Bonchev–Trinajstić information content (AvgIpc) is 2.95. The summed E-state index contributed by atoms with van der Waals surface area (Å²) in [6, 6.07) is 8.24. The van der Waals surface area contributed by atoms with Gasteiger partial charge in [0.1, 0.15) is 5.60 Å². The molecule has 4 nitrogen and oxygen atoms in total. The van der Waals surface area contributed by atoms with Crippen LogP contribution in [0, 0.1) is 6.92 Å². The van der Waals surface area contributed by atoms with Gasteiger partial charge >= 0.3 is 0 Å². The van der Waals surface area contributed by atoms with E-state index < -0.39 is 5.60 Å². The lowest BCUT2D eigenvalue weighted by molar-refractivity contribution is 0.00156. The van der Waals surface area contributed by atoms with Gasteiger partial charge in [-0.15, -0.1) is 0 Å². The molecule has 1 aromatic carbocycles. The molecule has 146 valence electrons. The first-order chi connectivity index (χ1) is 13.4.